The summed E-state index contributed by atoms with van der Waals surface area (Å²) >= 11 is 0. The lowest BCUT2D eigenvalue weighted by Gasteiger charge is -2.32. The van der Waals surface area contributed by atoms with E-state index in [-0.39, 0.29) is 12.3 Å². The van der Waals surface area contributed by atoms with E-state index in [9.17, 15) is 9.90 Å². The molecular weight excluding hydrogens is 236 g/mol. The average molecular weight is 254 g/mol. The van der Waals surface area contributed by atoms with Crippen LogP contribution in [0.1, 0.15) is 32.9 Å². The van der Waals surface area contributed by atoms with Gasteiger partial charge in [-0.25, -0.2) is 4.79 Å². The Morgan fingerprint density at radius 3 is 3.00 bits per heavy atom. The minimum atomic E-state index is -0.465. The molecule has 2 heterocycles. The summed E-state index contributed by atoms with van der Waals surface area (Å²) in [6.07, 6.45) is 1.73. The van der Waals surface area contributed by atoms with E-state index < -0.39 is 11.8 Å². The summed E-state index contributed by atoms with van der Waals surface area (Å²) in [7, 11) is 0. The Morgan fingerprint density at radius 1 is 1.61 bits per heavy atom. The molecule has 0 aliphatic carbocycles. The SMILES string of the molecule is CCOc1ccn([C@@H]2CC[C@@H](O)[C@@H](C)O2)c(=O)n1. The van der Waals surface area contributed by atoms with Gasteiger partial charge < -0.3 is 14.6 Å². The first kappa shape index (κ1) is 13.0. The van der Waals surface area contributed by atoms with E-state index in [4.69, 9.17) is 9.47 Å². The predicted octanol–water partition coefficient (Wildman–Crippen LogP) is 0.700. The van der Waals surface area contributed by atoms with Gasteiger partial charge in [0.15, 0.2) is 0 Å². The van der Waals surface area contributed by atoms with E-state index >= 15 is 0 Å². The monoisotopic (exact) mass is 254 g/mol. The average Bonchev–Trinajstić information content (AvgIpc) is 2.34. The lowest BCUT2D eigenvalue weighted by molar-refractivity contribution is -0.139. The van der Waals surface area contributed by atoms with Crippen LogP contribution in [0.4, 0.5) is 0 Å². The van der Waals surface area contributed by atoms with Crippen molar-refractivity contribution in [1.82, 2.24) is 9.55 Å². The minimum absolute atomic E-state index is 0.276. The number of aliphatic hydroxyl groups is 1. The predicted molar refractivity (Wildman–Crippen MR) is 64.5 cm³/mol. The fraction of sp³-hybridized carbons (Fsp3) is 0.667. The van der Waals surface area contributed by atoms with Gasteiger partial charge in [0, 0.05) is 12.3 Å². The van der Waals surface area contributed by atoms with Gasteiger partial charge in [0.2, 0.25) is 5.88 Å². The summed E-state index contributed by atoms with van der Waals surface area (Å²) in [6, 6.07) is 1.64. The molecular formula is C12H18N2O4. The molecule has 0 radical (unpaired) electrons. The molecule has 6 nitrogen and oxygen atoms in total. The van der Waals surface area contributed by atoms with Crippen molar-refractivity contribution in [2.75, 3.05) is 6.61 Å². The van der Waals surface area contributed by atoms with Crippen LogP contribution in [0.2, 0.25) is 0 Å². The van der Waals surface area contributed by atoms with Gasteiger partial charge in [-0.05, 0) is 26.7 Å². The first-order valence-corrected chi connectivity index (χ1v) is 6.17. The van der Waals surface area contributed by atoms with Crippen LogP contribution < -0.4 is 10.4 Å². The Morgan fingerprint density at radius 2 is 2.39 bits per heavy atom. The van der Waals surface area contributed by atoms with Crippen LogP contribution >= 0.6 is 0 Å². The van der Waals surface area contributed by atoms with E-state index in [0.29, 0.717) is 25.3 Å². The summed E-state index contributed by atoms with van der Waals surface area (Å²) in [5.74, 6) is 0.322. The summed E-state index contributed by atoms with van der Waals surface area (Å²) in [4.78, 5) is 15.7. The standard InChI is InChI=1S/C12H18N2O4/c1-3-17-10-6-7-14(12(16)13-10)11-5-4-9(15)8(2)18-11/h6-9,11,15H,3-5H2,1-2H3/t8-,9-,11+/m1/s1. The third kappa shape index (κ3) is 2.70. The maximum atomic E-state index is 11.8. The van der Waals surface area contributed by atoms with E-state index in [1.807, 2.05) is 6.92 Å². The summed E-state index contributed by atoms with van der Waals surface area (Å²) < 4.78 is 12.2. The quantitative estimate of drug-likeness (QED) is 0.859. The van der Waals surface area contributed by atoms with Crippen molar-refractivity contribution >= 4 is 0 Å². The molecule has 100 valence electrons. The molecule has 2 rings (SSSR count). The number of nitrogens with zero attached hydrogens (tertiary/aromatic N) is 2. The number of hydrogen-bond donors (Lipinski definition) is 1. The molecule has 18 heavy (non-hydrogen) atoms. The van der Waals surface area contributed by atoms with Gasteiger partial charge in [-0.1, -0.05) is 0 Å². The highest BCUT2D eigenvalue weighted by atomic mass is 16.5. The van der Waals surface area contributed by atoms with Gasteiger partial charge in [0.05, 0.1) is 18.8 Å². The number of aliphatic hydroxyl groups excluding tert-OH is 1. The molecule has 0 bridgehead atoms. The topological polar surface area (TPSA) is 73.6 Å². The van der Waals surface area contributed by atoms with Crippen molar-refractivity contribution in [2.45, 2.75) is 45.1 Å². The Bertz CT molecular complexity index is 460. The van der Waals surface area contributed by atoms with Crippen molar-refractivity contribution in [3.05, 3.63) is 22.7 Å². The van der Waals surface area contributed by atoms with E-state index in [2.05, 4.69) is 4.98 Å². The Labute approximate surface area is 105 Å². The number of aromatic nitrogens is 2. The molecule has 0 amide bonds. The first-order valence-electron chi connectivity index (χ1n) is 6.17. The van der Waals surface area contributed by atoms with Crippen LogP contribution in [-0.2, 0) is 4.74 Å². The maximum Gasteiger partial charge on any atom is 0.352 e. The highest BCUT2D eigenvalue weighted by Gasteiger charge is 2.28. The van der Waals surface area contributed by atoms with Crippen molar-refractivity contribution in [2.24, 2.45) is 0 Å². The van der Waals surface area contributed by atoms with E-state index in [1.165, 1.54) is 4.57 Å². The zero-order valence-electron chi connectivity index (χ0n) is 10.6. The molecule has 1 aromatic rings. The van der Waals surface area contributed by atoms with Gasteiger partial charge in [-0.3, -0.25) is 4.57 Å². The minimum Gasteiger partial charge on any atom is -0.478 e. The number of hydrogen-bond acceptors (Lipinski definition) is 5. The van der Waals surface area contributed by atoms with Crippen LogP contribution in [0.15, 0.2) is 17.1 Å². The molecule has 0 unspecified atom stereocenters. The van der Waals surface area contributed by atoms with Gasteiger partial charge >= 0.3 is 5.69 Å². The zero-order chi connectivity index (χ0) is 13.1. The lowest BCUT2D eigenvalue weighted by Crippen LogP contribution is -2.38. The molecule has 6 heteroatoms. The van der Waals surface area contributed by atoms with Gasteiger partial charge in [0.1, 0.15) is 6.23 Å². The molecule has 0 saturated carbocycles. The van der Waals surface area contributed by atoms with Gasteiger partial charge in [-0.2, -0.15) is 4.98 Å². The van der Waals surface area contributed by atoms with Gasteiger partial charge in [-0.15, -0.1) is 0 Å². The van der Waals surface area contributed by atoms with Crippen LogP contribution in [0.25, 0.3) is 0 Å². The second-order valence-electron chi connectivity index (χ2n) is 4.33. The van der Waals surface area contributed by atoms with Gasteiger partial charge in [0.25, 0.3) is 0 Å². The Balaban J connectivity index is 2.16. The highest BCUT2D eigenvalue weighted by molar-refractivity contribution is 5.06. The third-order valence-electron chi connectivity index (χ3n) is 3.03. The summed E-state index contributed by atoms with van der Waals surface area (Å²) in [5, 5.41) is 9.58. The van der Waals surface area contributed by atoms with Crippen molar-refractivity contribution < 1.29 is 14.6 Å². The molecule has 1 aliphatic heterocycles. The molecule has 1 N–H and O–H groups in total. The third-order valence-corrected chi connectivity index (χ3v) is 3.03. The van der Waals surface area contributed by atoms with Crippen LogP contribution in [0.3, 0.4) is 0 Å². The summed E-state index contributed by atoms with van der Waals surface area (Å²) in [5.41, 5.74) is -0.394. The van der Waals surface area contributed by atoms with Crippen LogP contribution in [0.5, 0.6) is 5.88 Å². The first-order chi connectivity index (χ1) is 8.61. The molecule has 0 aromatic carbocycles. The van der Waals surface area contributed by atoms with E-state index in [1.54, 1.807) is 19.2 Å². The lowest BCUT2D eigenvalue weighted by atomic mass is 10.1. The normalized spacial score (nSPS) is 28.1. The molecule has 1 aromatic heterocycles. The Kier molecular flexibility index (Phi) is 3.98. The summed E-state index contributed by atoms with van der Waals surface area (Å²) in [6.45, 7) is 4.10. The molecule has 1 aliphatic rings. The second-order valence-corrected chi connectivity index (χ2v) is 4.33. The largest absolute Gasteiger partial charge is 0.478 e. The van der Waals surface area contributed by atoms with Crippen molar-refractivity contribution in [1.29, 1.82) is 0 Å². The fourth-order valence-corrected chi connectivity index (χ4v) is 2.00. The number of ether oxygens (including phenoxy) is 2. The fourth-order valence-electron chi connectivity index (χ4n) is 2.00. The maximum absolute atomic E-state index is 11.8. The highest BCUT2D eigenvalue weighted by Crippen LogP contribution is 2.25. The van der Waals surface area contributed by atoms with Crippen molar-refractivity contribution in [3.63, 3.8) is 0 Å². The molecule has 1 fully saturated rings. The van der Waals surface area contributed by atoms with Crippen molar-refractivity contribution in [3.8, 4) is 5.88 Å². The molecule has 3 atom stereocenters. The second kappa shape index (κ2) is 5.49. The van der Waals surface area contributed by atoms with Crippen LogP contribution in [-0.4, -0.2) is 33.5 Å². The molecule has 0 spiro atoms. The van der Waals surface area contributed by atoms with Crippen LogP contribution in [0, 0.1) is 0 Å². The zero-order valence-corrected chi connectivity index (χ0v) is 10.6. The molecule has 1 saturated heterocycles. The van der Waals surface area contributed by atoms with E-state index in [0.717, 1.165) is 0 Å². The number of rotatable bonds is 3. The Hall–Kier alpha value is -1.40. The smallest absolute Gasteiger partial charge is 0.352 e.